The quantitative estimate of drug-likeness (QED) is 0.944. The molecule has 0 spiro atoms. The number of hydrogen-bond acceptors (Lipinski definition) is 3. The fourth-order valence-corrected chi connectivity index (χ4v) is 1.74. The lowest BCUT2D eigenvalue weighted by molar-refractivity contribution is -0.137. The normalized spacial score (nSPS) is 11.4. The van der Waals surface area contributed by atoms with Crippen LogP contribution in [0.5, 0.6) is 0 Å². The smallest absolute Gasteiger partial charge is 0.364 e. The van der Waals surface area contributed by atoms with Gasteiger partial charge in [-0.3, -0.25) is 4.79 Å². The molecule has 106 valence electrons. The summed E-state index contributed by atoms with van der Waals surface area (Å²) in [5.41, 5.74) is -0.610. The minimum absolute atomic E-state index is 0.00946. The van der Waals surface area contributed by atoms with Crippen LogP contribution in [0.3, 0.4) is 0 Å². The molecule has 8 heteroatoms. The van der Waals surface area contributed by atoms with Gasteiger partial charge in [0.1, 0.15) is 6.26 Å². The van der Waals surface area contributed by atoms with Gasteiger partial charge in [-0.25, -0.2) is 0 Å². The zero-order chi connectivity index (χ0) is 14.8. The van der Waals surface area contributed by atoms with Crippen LogP contribution in [0.4, 0.5) is 18.9 Å². The van der Waals surface area contributed by atoms with Crippen molar-refractivity contribution < 1.29 is 22.5 Å². The van der Waals surface area contributed by atoms with Crippen molar-refractivity contribution in [2.75, 3.05) is 5.32 Å². The molecule has 0 unspecified atom stereocenters. The van der Waals surface area contributed by atoms with Gasteiger partial charge in [0.2, 0.25) is 5.91 Å². The maximum atomic E-state index is 12.7. The number of alkyl halides is 3. The lowest BCUT2D eigenvalue weighted by atomic mass is 10.2. The number of nitrogens with one attached hydrogen (secondary N) is 1. The fraction of sp³-hybridized carbons (Fsp3) is 0.167. The predicted molar refractivity (Wildman–Crippen MR) is 65.3 cm³/mol. The second-order valence-electron chi connectivity index (χ2n) is 3.91. The number of aromatic nitrogens is 1. The molecule has 1 N–H and O–H groups in total. The van der Waals surface area contributed by atoms with Crippen LogP contribution in [0.1, 0.15) is 11.3 Å². The molecule has 0 radical (unpaired) electrons. The van der Waals surface area contributed by atoms with Crippen molar-refractivity contribution in [3.05, 3.63) is 46.8 Å². The maximum Gasteiger partial charge on any atom is 0.417 e. The average Bonchev–Trinajstić information content (AvgIpc) is 2.83. The average molecular weight is 305 g/mol. The lowest BCUT2D eigenvalue weighted by Gasteiger charge is -2.11. The van der Waals surface area contributed by atoms with Crippen LogP contribution < -0.4 is 5.32 Å². The zero-order valence-corrected chi connectivity index (χ0v) is 10.6. The van der Waals surface area contributed by atoms with Gasteiger partial charge in [-0.05, 0) is 18.2 Å². The number of benzene rings is 1. The molecule has 0 aliphatic heterocycles. The van der Waals surface area contributed by atoms with Gasteiger partial charge in [-0.2, -0.15) is 13.2 Å². The molecule has 4 nitrogen and oxygen atoms in total. The van der Waals surface area contributed by atoms with E-state index >= 15 is 0 Å². The van der Waals surface area contributed by atoms with Crippen LogP contribution in [0, 0.1) is 0 Å². The van der Waals surface area contributed by atoms with Crippen molar-refractivity contribution in [3.8, 4) is 0 Å². The molecule has 20 heavy (non-hydrogen) atoms. The standard InChI is InChI=1S/C12H8ClF3N2O2/c13-10-2-1-7(5-9(10)12(14,15)16)17-11(19)6-8-3-4-20-18-8/h1-5H,6H2,(H,17,19). The van der Waals surface area contributed by atoms with E-state index < -0.39 is 22.7 Å². The number of hydrogen-bond donors (Lipinski definition) is 1. The summed E-state index contributed by atoms with van der Waals surface area (Å²) in [6, 6.07) is 4.64. The third kappa shape index (κ3) is 3.51. The molecule has 0 fully saturated rings. The van der Waals surface area contributed by atoms with Crippen molar-refractivity contribution >= 4 is 23.2 Å². The van der Waals surface area contributed by atoms with Gasteiger partial charge in [-0.15, -0.1) is 0 Å². The Hall–Kier alpha value is -2.02. The first-order chi connectivity index (χ1) is 9.36. The Morgan fingerprint density at radius 3 is 2.70 bits per heavy atom. The highest BCUT2D eigenvalue weighted by Gasteiger charge is 2.33. The summed E-state index contributed by atoms with van der Waals surface area (Å²) in [4.78, 5) is 11.6. The molecule has 2 aromatic rings. The van der Waals surface area contributed by atoms with Gasteiger partial charge < -0.3 is 9.84 Å². The summed E-state index contributed by atoms with van der Waals surface area (Å²) < 4.78 is 42.5. The highest BCUT2D eigenvalue weighted by Crippen LogP contribution is 2.36. The van der Waals surface area contributed by atoms with Crippen LogP contribution in [-0.4, -0.2) is 11.1 Å². The number of rotatable bonds is 3. The first-order valence-electron chi connectivity index (χ1n) is 5.42. The molecule has 1 aromatic carbocycles. The van der Waals surface area contributed by atoms with E-state index in [-0.39, 0.29) is 12.1 Å². The Kier molecular flexibility index (Phi) is 3.99. The van der Waals surface area contributed by atoms with Crippen LogP contribution >= 0.6 is 11.6 Å². The predicted octanol–water partition coefficient (Wildman–Crippen LogP) is 3.53. The van der Waals surface area contributed by atoms with Gasteiger partial charge in [0, 0.05) is 11.8 Å². The van der Waals surface area contributed by atoms with Crippen LogP contribution in [-0.2, 0) is 17.4 Å². The van der Waals surface area contributed by atoms with Crippen molar-refractivity contribution in [3.63, 3.8) is 0 Å². The molecule has 0 aliphatic rings. The van der Waals surface area contributed by atoms with E-state index in [0.717, 1.165) is 12.1 Å². The molecule has 1 amide bonds. The number of carbonyl (C=O) groups is 1. The van der Waals surface area contributed by atoms with Crippen molar-refractivity contribution in [2.24, 2.45) is 0 Å². The third-order valence-electron chi connectivity index (χ3n) is 2.39. The lowest BCUT2D eigenvalue weighted by Crippen LogP contribution is -2.15. The summed E-state index contributed by atoms with van der Waals surface area (Å²) >= 11 is 5.48. The van der Waals surface area contributed by atoms with E-state index in [2.05, 4.69) is 15.0 Å². The van der Waals surface area contributed by atoms with E-state index in [1.807, 2.05) is 0 Å². The summed E-state index contributed by atoms with van der Waals surface area (Å²) in [5.74, 6) is -0.505. The topological polar surface area (TPSA) is 55.1 Å². The molecule has 0 saturated heterocycles. The summed E-state index contributed by atoms with van der Waals surface area (Å²) in [5, 5.41) is 5.45. The van der Waals surface area contributed by atoms with Crippen molar-refractivity contribution in [1.29, 1.82) is 0 Å². The molecule has 0 saturated carbocycles. The monoisotopic (exact) mass is 304 g/mol. The number of carbonyl (C=O) groups excluding carboxylic acids is 1. The van der Waals surface area contributed by atoms with E-state index in [9.17, 15) is 18.0 Å². The number of amides is 1. The first-order valence-corrected chi connectivity index (χ1v) is 5.80. The van der Waals surface area contributed by atoms with Crippen molar-refractivity contribution in [1.82, 2.24) is 5.16 Å². The van der Waals surface area contributed by atoms with Gasteiger partial charge in [0.15, 0.2) is 0 Å². The summed E-state index contributed by atoms with van der Waals surface area (Å²) in [7, 11) is 0. The molecule has 2 rings (SSSR count). The Morgan fingerprint density at radius 2 is 2.10 bits per heavy atom. The highest BCUT2D eigenvalue weighted by molar-refractivity contribution is 6.31. The molecule has 1 heterocycles. The molecule has 0 bridgehead atoms. The zero-order valence-electron chi connectivity index (χ0n) is 9.87. The summed E-state index contributed by atoms with van der Waals surface area (Å²) in [6.07, 6.45) is -3.38. The van der Waals surface area contributed by atoms with Gasteiger partial charge in [0.05, 0.1) is 22.7 Å². The SMILES string of the molecule is O=C(Cc1ccon1)Nc1ccc(Cl)c(C(F)(F)F)c1. The molecular weight excluding hydrogens is 297 g/mol. The molecule has 0 atom stereocenters. The van der Waals surface area contributed by atoms with E-state index in [0.29, 0.717) is 5.69 Å². The maximum absolute atomic E-state index is 12.7. The Bertz CT molecular complexity index is 612. The molecule has 0 aliphatic carbocycles. The highest BCUT2D eigenvalue weighted by atomic mass is 35.5. The van der Waals surface area contributed by atoms with Crippen molar-refractivity contribution in [2.45, 2.75) is 12.6 Å². The second kappa shape index (κ2) is 5.54. The Morgan fingerprint density at radius 1 is 1.35 bits per heavy atom. The fourth-order valence-electron chi connectivity index (χ4n) is 1.52. The van der Waals surface area contributed by atoms with Gasteiger partial charge >= 0.3 is 6.18 Å². The van der Waals surface area contributed by atoms with E-state index in [1.165, 1.54) is 18.4 Å². The van der Waals surface area contributed by atoms with Crippen LogP contribution in [0.2, 0.25) is 5.02 Å². The second-order valence-corrected chi connectivity index (χ2v) is 4.32. The van der Waals surface area contributed by atoms with E-state index in [4.69, 9.17) is 11.6 Å². The van der Waals surface area contributed by atoms with Crippen LogP contribution in [0.15, 0.2) is 35.1 Å². The molecule has 1 aromatic heterocycles. The Balaban J connectivity index is 2.12. The first kappa shape index (κ1) is 14.4. The van der Waals surface area contributed by atoms with Gasteiger partial charge in [-0.1, -0.05) is 16.8 Å². The number of nitrogens with zero attached hydrogens (tertiary/aromatic N) is 1. The number of halogens is 4. The van der Waals surface area contributed by atoms with Gasteiger partial charge in [0.25, 0.3) is 0 Å². The Labute approximate surface area is 116 Å². The summed E-state index contributed by atoms with van der Waals surface area (Å²) in [6.45, 7) is 0. The number of anilines is 1. The molecular formula is C12H8ClF3N2O2. The minimum atomic E-state index is -4.58. The largest absolute Gasteiger partial charge is 0.417 e. The van der Waals surface area contributed by atoms with E-state index in [1.54, 1.807) is 0 Å². The van der Waals surface area contributed by atoms with Crippen LogP contribution in [0.25, 0.3) is 0 Å². The minimum Gasteiger partial charge on any atom is -0.364 e. The third-order valence-corrected chi connectivity index (χ3v) is 2.72.